The third-order valence-corrected chi connectivity index (χ3v) is 3.87. The highest BCUT2D eigenvalue weighted by atomic mass is 79.9. The lowest BCUT2D eigenvalue weighted by atomic mass is 10.2. The number of benzene rings is 2. The van der Waals surface area contributed by atoms with Crippen LogP contribution in [0.25, 0.3) is 0 Å². The molecule has 0 saturated carbocycles. The summed E-state index contributed by atoms with van der Waals surface area (Å²) in [4.78, 5) is 10.5. The summed E-state index contributed by atoms with van der Waals surface area (Å²) in [5.41, 5.74) is 6.80. The molecule has 0 fully saturated rings. The molecular weight excluding hydrogens is 360 g/mol. The highest BCUT2D eigenvalue weighted by molar-refractivity contribution is 9.10. The quantitative estimate of drug-likeness (QED) is 0.635. The fourth-order valence-electron chi connectivity index (χ4n) is 1.80. The minimum atomic E-state index is -0.475. The molecule has 0 aromatic heterocycles. The van der Waals surface area contributed by atoms with Gasteiger partial charge in [0, 0.05) is 12.6 Å². The minimum absolute atomic E-state index is 0.0105. The van der Waals surface area contributed by atoms with E-state index < -0.39 is 4.92 Å². The topological polar surface area (TPSA) is 78.4 Å². The molecule has 0 spiro atoms. The second-order valence-corrected chi connectivity index (χ2v) is 5.51. The summed E-state index contributed by atoms with van der Waals surface area (Å²) in [7, 11) is 0. The highest BCUT2D eigenvalue weighted by Gasteiger charge is 2.17. The van der Waals surface area contributed by atoms with Crippen molar-refractivity contribution >= 4 is 33.2 Å². The van der Waals surface area contributed by atoms with Gasteiger partial charge in [-0.05, 0) is 39.7 Å². The maximum atomic E-state index is 11.0. The van der Waals surface area contributed by atoms with E-state index in [4.69, 9.17) is 22.1 Å². The number of halogens is 2. The molecular formula is C14H12BrClN2O3. The van der Waals surface area contributed by atoms with Crippen LogP contribution in [0.15, 0.2) is 40.9 Å². The number of hydrogen-bond acceptors (Lipinski definition) is 4. The molecule has 0 atom stereocenters. The normalized spacial score (nSPS) is 10.4. The van der Waals surface area contributed by atoms with Crippen LogP contribution in [0.3, 0.4) is 0 Å². The van der Waals surface area contributed by atoms with E-state index in [2.05, 4.69) is 15.9 Å². The Balaban J connectivity index is 2.22. The van der Waals surface area contributed by atoms with Gasteiger partial charge in [-0.1, -0.05) is 23.7 Å². The van der Waals surface area contributed by atoms with E-state index >= 15 is 0 Å². The summed E-state index contributed by atoms with van der Waals surface area (Å²) in [5, 5.41) is 11.3. The van der Waals surface area contributed by atoms with Gasteiger partial charge in [0.1, 0.15) is 12.4 Å². The number of nitro benzene ring substituents is 1. The number of rotatable bonds is 5. The lowest BCUT2D eigenvalue weighted by Gasteiger charge is -2.10. The largest absolute Gasteiger partial charge is 0.487 e. The van der Waals surface area contributed by atoms with Crippen molar-refractivity contribution in [1.82, 2.24) is 0 Å². The Kier molecular flexibility index (Phi) is 5.17. The van der Waals surface area contributed by atoms with Gasteiger partial charge in [0.15, 0.2) is 0 Å². The highest BCUT2D eigenvalue weighted by Crippen LogP contribution is 2.30. The molecule has 0 aliphatic rings. The average Bonchev–Trinajstić information content (AvgIpc) is 2.46. The molecule has 0 radical (unpaired) electrons. The van der Waals surface area contributed by atoms with Crippen LogP contribution in [0.1, 0.15) is 11.1 Å². The van der Waals surface area contributed by atoms with E-state index in [-0.39, 0.29) is 12.3 Å². The van der Waals surface area contributed by atoms with Gasteiger partial charge in [-0.3, -0.25) is 10.1 Å². The fourth-order valence-corrected chi connectivity index (χ4v) is 2.56. The van der Waals surface area contributed by atoms with E-state index in [0.717, 1.165) is 10.0 Å². The van der Waals surface area contributed by atoms with Gasteiger partial charge in [-0.15, -0.1) is 0 Å². The van der Waals surface area contributed by atoms with Gasteiger partial charge < -0.3 is 10.5 Å². The number of nitro groups is 1. The van der Waals surface area contributed by atoms with E-state index in [0.29, 0.717) is 22.9 Å². The van der Waals surface area contributed by atoms with Crippen molar-refractivity contribution in [3.63, 3.8) is 0 Å². The molecule has 110 valence electrons. The van der Waals surface area contributed by atoms with Crippen molar-refractivity contribution < 1.29 is 9.66 Å². The fraction of sp³-hybridized carbons (Fsp3) is 0.143. The van der Waals surface area contributed by atoms with Crippen molar-refractivity contribution in [2.45, 2.75) is 13.2 Å². The summed E-state index contributed by atoms with van der Waals surface area (Å²) < 4.78 is 6.35. The van der Waals surface area contributed by atoms with Crippen LogP contribution in [0.4, 0.5) is 5.69 Å². The summed E-state index contributed by atoms with van der Waals surface area (Å²) in [6.07, 6.45) is 0. The molecule has 0 unspecified atom stereocenters. The Morgan fingerprint density at radius 2 is 2.10 bits per heavy atom. The SMILES string of the molecule is NCc1ccc(OCc2c(Cl)cccc2[N+](=O)[O-])c(Br)c1. The first-order valence-electron chi connectivity index (χ1n) is 6.06. The number of nitrogens with two attached hydrogens (primary N) is 1. The molecule has 2 aromatic carbocycles. The van der Waals surface area contributed by atoms with Gasteiger partial charge in [0.2, 0.25) is 0 Å². The zero-order chi connectivity index (χ0) is 15.4. The van der Waals surface area contributed by atoms with E-state index in [1.165, 1.54) is 12.1 Å². The molecule has 21 heavy (non-hydrogen) atoms. The molecule has 2 rings (SSSR count). The molecule has 5 nitrogen and oxygen atoms in total. The Morgan fingerprint density at radius 1 is 1.33 bits per heavy atom. The molecule has 2 aromatic rings. The molecule has 0 saturated heterocycles. The van der Waals surface area contributed by atoms with E-state index in [9.17, 15) is 10.1 Å². The second-order valence-electron chi connectivity index (χ2n) is 4.25. The summed E-state index contributed by atoms with van der Waals surface area (Å²) in [5.74, 6) is 0.571. The van der Waals surface area contributed by atoms with Crippen molar-refractivity contribution in [1.29, 1.82) is 0 Å². The Bertz CT molecular complexity index is 679. The third kappa shape index (κ3) is 3.72. The Labute approximate surface area is 134 Å². The molecule has 2 N–H and O–H groups in total. The predicted molar refractivity (Wildman–Crippen MR) is 84.5 cm³/mol. The van der Waals surface area contributed by atoms with Crippen LogP contribution in [0.5, 0.6) is 5.75 Å². The first kappa shape index (κ1) is 15.8. The Morgan fingerprint density at radius 3 is 2.71 bits per heavy atom. The van der Waals surface area contributed by atoms with Crippen LogP contribution < -0.4 is 10.5 Å². The van der Waals surface area contributed by atoms with Crippen LogP contribution in [0, 0.1) is 10.1 Å². The van der Waals surface area contributed by atoms with Crippen LogP contribution in [0.2, 0.25) is 5.02 Å². The summed E-state index contributed by atoms with van der Waals surface area (Å²) in [6.45, 7) is 0.436. The molecule has 0 amide bonds. The van der Waals surface area contributed by atoms with Gasteiger partial charge in [-0.2, -0.15) is 0 Å². The molecule has 0 heterocycles. The molecule has 0 aliphatic heterocycles. The molecule has 0 aliphatic carbocycles. The number of hydrogen-bond donors (Lipinski definition) is 1. The minimum Gasteiger partial charge on any atom is -0.487 e. The molecule has 7 heteroatoms. The van der Waals surface area contributed by atoms with Crippen molar-refractivity contribution in [2.24, 2.45) is 5.73 Å². The lowest BCUT2D eigenvalue weighted by Crippen LogP contribution is -2.02. The van der Waals surface area contributed by atoms with Gasteiger partial charge in [0.25, 0.3) is 5.69 Å². The van der Waals surface area contributed by atoms with Crippen LogP contribution >= 0.6 is 27.5 Å². The average molecular weight is 372 g/mol. The van der Waals surface area contributed by atoms with Crippen molar-refractivity contribution in [2.75, 3.05) is 0 Å². The second kappa shape index (κ2) is 6.89. The molecule has 0 bridgehead atoms. The Hall–Kier alpha value is -1.63. The number of ether oxygens (including phenoxy) is 1. The predicted octanol–water partition coefficient (Wildman–Crippen LogP) is 4.05. The zero-order valence-corrected chi connectivity index (χ0v) is 13.2. The smallest absolute Gasteiger partial charge is 0.277 e. The van der Waals surface area contributed by atoms with Gasteiger partial charge in [-0.25, -0.2) is 0 Å². The van der Waals surface area contributed by atoms with Gasteiger partial charge >= 0.3 is 0 Å². The van der Waals surface area contributed by atoms with Crippen LogP contribution in [-0.4, -0.2) is 4.92 Å². The zero-order valence-electron chi connectivity index (χ0n) is 10.9. The van der Waals surface area contributed by atoms with E-state index in [1.807, 2.05) is 12.1 Å². The standard InChI is InChI=1S/C14H12BrClN2O3/c15-11-6-9(7-17)4-5-14(11)21-8-10-12(16)2-1-3-13(10)18(19)20/h1-6H,7-8,17H2. The maximum Gasteiger partial charge on any atom is 0.277 e. The maximum absolute atomic E-state index is 11.0. The third-order valence-electron chi connectivity index (χ3n) is 2.89. The first-order valence-corrected chi connectivity index (χ1v) is 7.23. The summed E-state index contributed by atoms with van der Waals surface area (Å²) in [6, 6.07) is 9.97. The van der Waals surface area contributed by atoms with Gasteiger partial charge in [0.05, 0.1) is 20.0 Å². The first-order chi connectivity index (χ1) is 10.0. The van der Waals surface area contributed by atoms with Crippen molar-refractivity contribution in [3.8, 4) is 5.75 Å². The van der Waals surface area contributed by atoms with E-state index in [1.54, 1.807) is 12.1 Å². The lowest BCUT2D eigenvalue weighted by molar-refractivity contribution is -0.385. The monoisotopic (exact) mass is 370 g/mol. The van der Waals surface area contributed by atoms with Crippen molar-refractivity contribution in [3.05, 3.63) is 67.1 Å². The number of nitrogens with zero attached hydrogens (tertiary/aromatic N) is 1. The summed E-state index contributed by atoms with van der Waals surface area (Å²) >= 11 is 9.39. The van der Waals surface area contributed by atoms with Crippen LogP contribution in [-0.2, 0) is 13.2 Å².